The second-order valence-corrected chi connectivity index (χ2v) is 5.44. The van der Waals surface area contributed by atoms with E-state index in [1.54, 1.807) is 0 Å². The molecule has 1 saturated carbocycles. The Hall–Kier alpha value is -0.830. The summed E-state index contributed by atoms with van der Waals surface area (Å²) in [4.78, 5) is 0. The molecule has 3 atom stereocenters. The summed E-state index contributed by atoms with van der Waals surface area (Å²) in [5.74, 6) is 1.59. The second-order valence-electron chi connectivity index (χ2n) is 5.44. The summed E-state index contributed by atoms with van der Waals surface area (Å²) in [5, 5.41) is 8.17. The fourth-order valence-electron chi connectivity index (χ4n) is 2.99. The van der Waals surface area contributed by atoms with Crippen molar-refractivity contribution in [2.45, 2.75) is 45.6 Å². The van der Waals surface area contributed by atoms with E-state index in [1.807, 2.05) is 17.9 Å². The van der Waals surface area contributed by atoms with Gasteiger partial charge in [0.2, 0.25) is 0 Å². The van der Waals surface area contributed by atoms with Crippen LogP contribution in [-0.2, 0) is 13.5 Å². The van der Waals surface area contributed by atoms with Crippen molar-refractivity contribution in [3.05, 3.63) is 18.0 Å². The van der Waals surface area contributed by atoms with Crippen molar-refractivity contribution in [3.63, 3.8) is 0 Å². The molecular weight excluding hydrogens is 210 g/mol. The van der Waals surface area contributed by atoms with E-state index in [1.165, 1.54) is 25.0 Å². The molecule has 1 N–H and O–H groups in total. The minimum Gasteiger partial charge on any atom is -0.314 e. The molecule has 3 unspecified atom stereocenters. The maximum absolute atomic E-state index is 4.49. The number of nitrogens with zero attached hydrogens (tertiary/aromatic N) is 2. The average Bonchev–Trinajstić information content (AvgIpc) is 2.86. The zero-order valence-corrected chi connectivity index (χ0v) is 11.3. The maximum atomic E-state index is 4.49. The summed E-state index contributed by atoms with van der Waals surface area (Å²) in [6, 6.07) is 2.88. The molecule has 0 saturated heterocycles. The monoisotopic (exact) mass is 235 g/mol. The summed E-state index contributed by atoms with van der Waals surface area (Å²) in [5.41, 5.74) is 1.25. The van der Waals surface area contributed by atoms with Crippen LogP contribution >= 0.6 is 0 Å². The first-order valence-corrected chi connectivity index (χ1v) is 6.92. The lowest BCUT2D eigenvalue weighted by Crippen LogP contribution is -2.33. The fraction of sp³-hybridized carbons (Fsp3) is 0.786. The number of hydrogen-bond donors (Lipinski definition) is 1. The molecule has 0 radical (unpaired) electrons. The van der Waals surface area contributed by atoms with Gasteiger partial charge in [0.1, 0.15) is 0 Å². The molecule has 1 aliphatic rings. The number of aryl methyl sites for hydroxylation is 1. The zero-order chi connectivity index (χ0) is 12.3. The molecule has 0 bridgehead atoms. The lowest BCUT2D eigenvalue weighted by Gasteiger charge is -2.21. The highest BCUT2D eigenvalue weighted by Gasteiger charge is 2.32. The van der Waals surface area contributed by atoms with Gasteiger partial charge in [-0.1, -0.05) is 13.8 Å². The molecule has 0 aliphatic heterocycles. The van der Waals surface area contributed by atoms with Gasteiger partial charge in [-0.15, -0.1) is 0 Å². The van der Waals surface area contributed by atoms with Gasteiger partial charge in [0.05, 0.1) is 5.69 Å². The Labute approximate surface area is 105 Å². The van der Waals surface area contributed by atoms with Gasteiger partial charge < -0.3 is 5.32 Å². The molecule has 96 valence electrons. The lowest BCUT2D eigenvalue weighted by atomic mass is 9.91. The van der Waals surface area contributed by atoms with Gasteiger partial charge in [0, 0.05) is 19.3 Å². The third-order valence-electron chi connectivity index (χ3n) is 4.12. The Morgan fingerprint density at radius 2 is 2.29 bits per heavy atom. The van der Waals surface area contributed by atoms with Gasteiger partial charge in [0.15, 0.2) is 0 Å². The third-order valence-corrected chi connectivity index (χ3v) is 4.12. The van der Waals surface area contributed by atoms with Crippen LogP contribution in [0.1, 0.15) is 38.8 Å². The average molecular weight is 235 g/mol. The summed E-state index contributed by atoms with van der Waals surface area (Å²) in [6.07, 6.45) is 7.10. The Morgan fingerprint density at radius 3 is 2.94 bits per heavy atom. The summed E-state index contributed by atoms with van der Waals surface area (Å²) in [6.45, 7) is 5.79. The molecular formula is C14H25N3. The lowest BCUT2D eigenvalue weighted by molar-refractivity contribution is 0.349. The highest BCUT2D eigenvalue weighted by molar-refractivity contribution is 5.02. The zero-order valence-electron chi connectivity index (χ0n) is 11.3. The van der Waals surface area contributed by atoms with Crippen LogP contribution in [0.4, 0.5) is 0 Å². The highest BCUT2D eigenvalue weighted by atomic mass is 15.2. The SMILES string of the molecule is CCCNC1CCC(Cc2ccn(C)n2)C1C. The highest BCUT2D eigenvalue weighted by Crippen LogP contribution is 2.33. The molecule has 2 rings (SSSR count). The quantitative estimate of drug-likeness (QED) is 0.849. The summed E-state index contributed by atoms with van der Waals surface area (Å²) >= 11 is 0. The number of hydrogen-bond acceptors (Lipinski definition) is 2. The van der Waals surface area contributed by atoms with Crippen LogP contribution in [0, 0.1) is 11.8 Å². The maximum Gasteiger partial charge on any atom is 0.0627 e. The van der Waals surface area contributed by atoms with Crippen molar-refractivity contribution in [2.24, 2.45) is 18.9 Å². The van der Waals surface area contributed by atoms with Crippen LogP contribution in [0.25, 0.3) is 0 Å². The van der Waals surface area contributed by atoms with Crippen molar-refractivity contribution in [1.82, 2.24) is 15.1 Å². The number of aromatic nitrogens is 2. The standard InChI is InChI=1S/C14H25N3/c1-4-8-15-14-6-5-12(11(14)2)10-13-7-9-17(3)16-13/h7,9,11-12,14-15H,4-6,8,10H2,1-3H3. The molecule has 1 aromatic rings. The number of nitrogens with one attached hydrogen (secondary N) is 1. The Bertz CT molecular complexity index is 345. The fourth-order valence-corrected chi connectivity index (χ4v) is 2.99. The molecule has 1 fully saturated rings. The molecule has 17 heavy (non-hydrogen) atoms. The van der Waals surface area contributed by atoms with E-state index in [2.05, 4.69) is 30.3 Å². The van der Waals surface area contributed by atoms with Gasteiger partial charge in [-0.05, 0) is 50.1 Å². The molecule has 0 spiro atoms. The van der Waals surface area contributed by atoms with Gasteiger partial charge >= 0.3 is 0 Å². The van der Waals surface area contributed by atoms with Crippen LogP contribution in [0.15, 0.2) is 12.3 Å². The summed E-state index contributed by atoms with van der Waals surface area (Å²) in [7, 11) is 1.99. The van der Waals surface area contributed by atoms with E-state index in [4.69, 9.17) is 0 Å². The van der Waals surface area contributed by atoms with Crippen molar-refractivity contribution in [2.75, 3.05) is 6.54 Å². The van der Waals surface area contributed by atoms with Crippen LogP contribution in [0.3, 0.4) is 0 Å². The molecule has 1 heterocycles. The first kappa shape index (κ1) is 12.6. The van der Waals surface area contributed by atoms with Gasteiger partial charge in [-0.3, -0.25) is 4.68 Å². The molecule has 3 nitrogen and oxygen atoms in total. The first-order chi connectivity index (χ1) is 8.20. The van der Waals surface area contributed by atoms with Gasteiger partial charge in [0.25, 0.3) is 0 Å². The Kier molecular flexibility index (Phi) is 4.21. The van der Waals surface area contributed by atoms with E-state index >= 15 is 0 Å². The van der Waals surface area contributed by atoms with Crippen LogP contribution < -0.4 is 5.32 Å². The van der Waals surface area contributed by atoms with Gasteiger partial charge in [-0.2, -0.15) is 5.10 Å². The van der Waals surface area contributed by atoms with E-state index in [0.29, 0.717) is 0 Å². The minimum atomic E-state index is 0.726. The van der Waals surface area contributed by atoms with Crippen LogP contribution in [0.2, 0.25) is 0 Å². The van der Waals surface area contributed by atoms with E-state index < -0.39 is 0 Å². The summed E-state index contributed by atoms with van der Waals surface area (Å²) < 4.78 is 1.90. The second kappa shape index (κ2) is 5.67. The van der Waals surface area contributed by atoms with E-state index in [9.17, 15) is 0 Å². The van der Waals surface area contributed by atoms with Crippen molar-refractivity contribution < 1.29 is 0 Å². The van der Waals surface area contributed by atoms with Crippen LogP contribution in [0.5, 0.6) is 0 Å². The normalized spacial score (nSPS) is 28.8. The first-order valence-electron chi connectivity index (χ1n) is 6.92. The molecule has 1 aliphatic carbocycles. The van der Waals surface area contributed by atoms with Crippen molar-refractivity contribution in [1.29, 1.82) is 0 Å². The van der Waals surface area contributed by atoms with Crippen molar-refractivity contribution >= 4 is 0 Å². The molecule has 0 aromatic carbocycles. The molecule has 3 heteroatoms. The van der Waals surface area contributed by atoms with E-state index in [0.717, 1.165) is 30.8 Å². The largest absolute Gasteiger partial charge is 0.314 e. The third kappa shape index (κ3) is 3.09. The molecule has 1 aromatic heterocycles. The minimum absolute atomic E-state index is 0.726. The Morgan fingerprint density at radius 1 is 1.47 bits per heavy atom. The van der Waals surface area contributed by atoms with Crippen LogP contribution in [-0.4, -0.2) is 22.4 Å². The predicted molar refractivity (Wildman–Crippen MR) is 70.9 cm³/mol. The van der Waals surface area contributed by atoms with Crippen molar-refractivity contribution in [3.8, 4) is 0 Å². The van der Waals surface area contributed by atoms with Gasteiger partial charge in [-0.25, -0.2) is 0 Å². The number of rotatable bonds is 5. The topological polar surface area (TPSA) is 29.9 Å². The van der Waals surface area contributed by atoms with E-state index in [-0.39, 0.29) is 0 Å². The smallest absolute Gasteiger partial charge is 0.0627 e. The Balaban J connectivity index is 1.86. The predicted octanol–water partition coefficient (Wildman–Crippen LogP) is 2.38. The molecule has 0 amide bonds.